The van der Waals surface area contributed by atoms with E-state index in [0.717, 1.165) is 25.7 Å². The maximum Gasteiger partial charge on any atom is 0.347 e. The zero-order valence-electron chi connectivity index (χ0n) is 14.5. The van der Waals surface area contributed by atoms with E-state index in [1.54, 1.807) is 0 Å². The van der Waals surface area contributed by atoms with Crippen molar-refractivity contribution < 1.29 is 19.1 Å². The maximum atomic E-state index is 11.8. The third-order valence-electron chi connectivity index (χ3n) is 3.79. The number of hydrogen-bond acceptors (Lipinski definition) is 4. The van der Waals surface area contributed by atoms with Crippen molar-refractivity contribution in [1.82, 2.24) is 0 Å². The summed E-state index contributed by atoms with van der Waals surface area (Å²) in [5, 5.41) is 0. The van der Waals surface area contributed by atoms with Crippen LogP contribution in [0.1, 0.15) is 90.9 Å². The predicted octanol–water partition coefficient (Wildman–Crippen LogP) is 4.79. The van der Waals surface area contributed by atoms with Gasteiger partial charge in [0.15, 0.2) is 6.10 Å². The standard InChI is InChI=1S/C18H34O4/c1-3-5-7-8-9-10-11-12-13-14-17(22-16-19)18(20)21-15-6-4-2/h16-17H,3-15H2,1-2H3. The summed E-state index contributed by atoms with van der Waals surface area (Å²) >= 11 is 0. The number of hydrogen-bond donors (Lipinski definition) is 0. The van der Waals surface area contributed by atoms with E-state index < -0.39 is 12.1 Å². The van der Waals surface area contributed by atoms with Gasteiger partial charge in [-0.05, 0) is 19.3 Å². The van der Waals surface area contributed by atoms with Crippen molar-refractivity contribution in [2.24, 2.45) is 0 Å². The van der Waals surface area contributed by atoms with E-state index in [0.29, 0.717) is 19.5 Å². The van der Waals surface area contributed by atoms with E-state index >= 15 is 0 Å². The first-order chi connectivity index (χ1) is 10.8. The van der Waals surface area contributed by atoms with Crippen LogP contribution in [0.15, 0.2) is 0 Å². The number of carbonyl (C=O) groups is 2. The van der Waals surface area contributed by atoms with Crippen molar-refractivity contribution in [1.29, 1.82) is 0 Å². The molecule has 0 bridgehead atoms. The SMILES string of the molecule is CCCCCCCCCCCC(OC=O)C(=O)OCCCC. The van der Waals surface area contributed by atoms with Crippen LogP contribution in [0.3, 0.4) is 0 Å². The number of rotatable bonds is 16. The highest BCUT2D eigenvalue weighted by Crippen LogP contribution is 2.13. The van der Waals surface area contributed by atoms with E-state index in [-0.39, 0.29) is 0 Å². The molecule has 0 aliphatic carbocycles. The van der Waals surface area contributed by atoms with E-state index in [4.69, 9.17) is 9.47 Å². The van der Waals surface area contributed by atoms with Crippen LogP contribution >= 0.6 is 0 Å². The minimum absolute atomic E-state index is 0.347. The van der Waals surface area contributed by atoms with E-state index in [2.05, 4.69) is 6.92 Å². The molecule has 0 saturated carbocycles. The van der Waals surface area contributed by atoms with Crippen LogP contribution < -0.4 is 0 Å². The number of ether oxygens (including phenoxy) is 2. The summed E-state index contributed by atoms with van der Waals surface area (Å²) in [5.41, 5.74) is 0. The third-order valence-corrected chi connectivity index (χ3v) is 3.79. The Morgan fingerprint density at radius 2 is 1.41 bits per heavy atom. The molecule has 0 aromatic rings. The fraction of sp³-hybridized carbons (Fsp3) is 0.889. The second kappa shape index (κ2) is 16.3. The zero-order chi connectivity index (χ0) is 16.5. The normalized spacial score (nSPS) is 11.9. The van der Waals surface area contributed by atoms with E-state index in [1.807, 2.05) is 6.92 Å². The van der Waals surface area contributed by atoms with Crippen molar-refractivity contribution in [3.8, 4) is 0 Å². The Labute approximate surface area is 135 Å². The Bertz CT molecular complexity index is 266. The Hall–Kier alpha value is -1.06. The molecule has 4 nitrogen and oxygen atoms in total. The van der Waals surface area contributed by atoms with Gasteiger partial charge in [-0.2, -0.15) is 0 Å². The van der Waals surface area contributed by atoms with Crippen molar-refractivity contribution in [3.63, 3.8) is 0 Å². The highest BCUT2D eigenvalue weighted by molar-refractivity contribution is 5.75. The molecule has 0 aromatic carbocycles. The van der Waals surface area contributed by atoms with Gasteiger partial charge in [0.25, 0.3) is 6.47 Å². The molecule has 0 rings (SSSR count). The van der Waals surface area contributed by atoms with Gasteiger partial charge in [-0.15, -0.1) is 0 Å². The molecule has 4 heteroatoms. The monoisotopic (exact) mass is 314 g/mol. The minimum Gasteiger partial charge on any atom is -0.463 e. The molecule has 1 atom stereocenters. The number of esters is 1. The highest BCUT2D eigenvalue weighted by Gasteiger charge is 2.20. The van der Waals surface area contributed by atoms with Crippen molar-refractivity contribution in [2.45, 2.75) is 97.0 Å². The summed E-state index contributed by atoms with van der Waals surface area (Å²) < 4.78 is 9.96. The van der Waals surface area contributed by atoms with Crippen molar-refractivity contribution in [2.75, 3.05) is 6.61 Å². The van der Waals surface area contributed by atoms with Gasteiger partial charge in [0.05, 0.1) is 6.61 Å². The first-order valence-corrected chi connectivity index (χ1v) is 9.02. The quantitative estimate of drug-likeness (QED) is 0.233. The van der Waals surface area contributed by atoms with Crippen LogP contribution in [0, 0.1) is 0 Å². The van der Waals surface area contributed by atoms with Gasteiger partial charge in [0.2, 0.25) is 0 Å². The lowest BCUT2D eigenvalue weighted by Crippen LogP contribution is -2.26. The average molecular weight is 314 g/mol. The molecule has 0 amide bonds. The molecular weight excluding hydrogens is 280 g/mol. The average Bonchev–Trinajstić information content (AvgIpc) is 2.52. The molecule has 0 aliphatic rings. The van der Waals surface area contributed by atoms with Crippen LogP contribution in [0.25, 0.3) is 0 Å². The predicted molar refractivity (Wildman–Crippen MR) is 88.6 cm³/mol. The summed E-state index contributed by atoms with van der Waals surface area (Å²) in [6.45, 7) is 5.02. The lowest BCUT2D eigenvalue weighted by Gasteiger charge is -2.14. The Morgan fingerprint density at radius 3 is 1.95 bits per heavy atom. The molecule has 130 valence electrons. The molecule has 0 N–H and O–H groups in total. The maximum absolute atomic E-state index is 11.8. The molecular formula is C18H34O4. The Balaban J connectivity index is 3.64. The number of unbranched alkanes of at least 4 members (excludes halogenated alkanes) is 9. The molecule has 0 aromatic heterocycles. The van der Waals surface area contributed by atoms with E-state index in [1.165, 1.54) is 44.9 Å². The largest absolute Gasteiger partial charge is 0.463 e. The Kier molecular flexibility index (Phi) is 15.5. The lowest BCUT2D eigenvalue weighted by atomic mass is 10.1. The van der Waals surface area contributed by atoms with Gasteiger partial charge in [0, 0.05) is 0 Å². The third kappa shape index (κ3) is 12.7. The van der Waals surface area contributed by atoms with Gasteiger partial charge in [-0.25, -0.2) is 4.79 Å². The van der Waals surface area contributed by atoms with Gasteiger partial charge >= 0.3 is 5.97 Å². The molecule has 0 aliphatic heterocycles. The molecule has 0 radical (unpaired) electrons. The number of carbonyl (C=O) groups excluding carboxylic acids is 2. The molecule has 0 spiro atoms. The van der Waals surface area contributed by atoms with Crippen LogP contribution in [-0.2, 0) is 19.1 Å². The molecule has 0 fully saturated rings. The van der Waals surface area contributed by atoms with Crippen LogP contribution in [0.4, 0.5) is 0 Å². The highest BCUT2D eigenvalue weighted by atomic mass is 16.6. The molecule has 0 heterocycles. The second-order valence-electron chi connectivity index (χ2n) is 5.86. The fourth-order valence-corrected chi connectivity index (χ4v) is 2.36. The minimum atomic E-state index is -0.723. The Morgan fingerprint density at radius 1 is 0.864 bits per heavy atom. The summed E-state index contributed by atoms with van der Waals surface area (Å²) in [7, 11) is 0. The van der Waals surface area contributed by atoms with Crippen molar-refractivity contribution >= 4 is 12.4 Å². The van der Waals surface area contributed by atoms with Gasteiger partial charge in [-0.3, -0.25) is 4.79 Å². The van der Waals surface area contributed by atoms with Gasteiger partial charge < -0.3 is 9.47 Å². The summed E-state index contributed by atoms with van der Waals surface area (Å²) in [5.74, 6) is -0.403. The topological polar surface area (TPSA) is 52.6 Å². The second-order valence-corrected chi connectivity index (χ2v) is 5.86. The van der Waals surface area contributed by atoms with Crippen molar-refractivity contribution in [3.05, 3.63) is 0 Å². The smallest absolute Gasteiger partial charge is 0.347 e. The summed E-state index contributed by atoms with van der Waals surface area (Å²) in [6, 6.07) is 0. The van der Waals surface area contributed by atoms with Gasteiger partial charge in [-0.1, -0.05) is 71.6 Å². The lowest BCUT2D eigenvalue weighted by molar-refractivity contribution is -0.162. The van der Waals surface area contributed by atoms with Crippen LogP contribution in [0.5, 0.6) is 0 Å². The van der Waals surface area contributed by atoms with E-state index in [9.17, 15) is 9.59 Å². The first-order valence-electron chi connectivity index (χ1n) is 9.02. The zero-order valence-corrected chi connectivity index (χ0v) is 14.5. The molecule has 22 heavy (non-hydrogen) atoms. The summed E-state index contributed by atoms with van der Waals surface area (Å²) in [6.07, 6.45) is 12.7. The van der Waals surface area contributed by atoms with Crippen LogP contribution in [-0.4, -0.2) is 25.2 Å². The van der Waals surface area contributed by atoms with Crippen LogP contribution in [0.2, 0.25) is 0 Å². The van der Waals surface area contributed by atoms with Gasteiger partial charge in [0.1, 0.15) is 0 Å². The molecule has 1 unspecified atom stereocenters. The first kappa shape index (κ1) is 20.9. The summed E-state index contributed by atoms with van der Waals surface area (Å²) in [4.78, 5) is 22.2. The fourth-order valence-electron chi connectivity index (χ4n) is 2.36. The molecule has 0 saturated heterocycles.